The fourth-order valence-corrected chi connectivity index (χ4v) is 5.21. The van der Waals surface area contributed by atoms with Gasteiger partial charge in [-0.25, -0.2) is 0 Å². The second-order valence-electron chi connectivity index (χ2n) is 11.1. The number of benzene rings is 3. The number of carboxylic acid groups (broad SMARTS) is 1. The third kappa shape index (κ3) is 10.6. The van der Waals surface area contributed by atoms with Crippen molar-refractivity contribution in [1.82, 2.24) is 5.32 Å². The van der Waals surface area contributed by atoms with Gasteiger partial charge in [0.05, 0.1) is 24.4 Å². The van der Waals surface area contributed by atoms with Gasteiger partial charge in [-0.2, -0.15) is 5.11 Å². The maximum Gasteiger partial charge on any atom is 0.306 e. The van der Waals surface area contributed by atoms with Crippen LogP contribution in [0.4, 0.5) is 11.4 Å². The molecule has 3 unspecified atom stereocenters. The second-order valence-corrected chi connectivity index (χ2v) is 11.1. The molecule has 0 bridgehead atoms. The predicted octanol–water partition coefficient (Wildman–Crippen LogP) is 7.91. The minimum Gasteiger partial charge on any atom is -0.510 e. The number of ether oxygens (including phenoxy) is 1. The van der Waals surface area contributed by atoms with Crippen molar-refractivity contribution in [3.63, 3.8) is 0 Å². The second kappa shape index (κ2) is 18.1. The van der Waals surface area contributed by atoms with Gasteiger partial charge in [0.1, 0.15) is 11.5 Å². The zero-order valence-electron chi connectivity index (χ0n) is 26.9. The van der Waals surface area contributed by atoms with Crippen LogP contribution in [0.5, 0.6) is 5.75 Å². The molecule has 0 aliphatic rings. The van der Waals surface area contributed by atoms with Gasteiger partial charge in [-0.1, -0.05) is 68.4 Å². The molecule has 0 spiro atoms. The van der Waals surface area contributed by atoms with E-state index in [0.29, 0.717) is 49.4 Å². The summed E-state index contributed by atoms with van der Waals surface area (Å²) in [6.45, 7) is 5.65. The van der Waals surface area contributed by atoms with E-state index in [-0.39, 0.29) is 29.2 Å². The van der Waals surface area contributed by atoms with Crippen LogP contribution in [0.2, 0.25) is 0 Å². The van der Waals surface area contributed by atoms with E-state index in [4.69, 9.17) is 4.74 Å². The number of aliphatic hydroxyl groups excluding tert-OH is 1. The fourth-order valence-electron chi connectivity index (χ4n) is 5.21. The zero-order valence-corrected chi connectivity index (χ0v) is 26.9. The van der Waals surface area contributed by atoms with Crippen molar-refractivity contribution in [3.05, 3.63) is 101 Å². The molecule has 0 aliphatic carbocycles. The molecule has 0 fully saturated rings. The number of anilines is 1. The van der Waals surface area contributed by atoms with Gasteiger partial charge in [0.15, 0.2) is 5.70 Å². The molecule has 3 aromatic rings. The lowest BCUT2D eigenvalue weighted by atomic mass is 9.83. The largest absolute Gasteiger partial charge is 0.510 e. The smallest absolute Gasteiger partial charge is 0.306 e. The number of carboxylic acids is 1. The number of para-hydroxylation sites is 2. The van der Waals surface area contributed by atoms with Gasteiger partial charge in [-0.05, 0) is 80.3 Å². The molecule has 4 N–H and O–H groups in total. The molecule has 2 amide bonds. The van der Waals surface area contributed by atoms with Gasteiger partial charge in [0.25, 0.3) is 5.91 Å². The Labute approximate surface area is 270 Å². The first-order chi connectivity index (χ1) is 22.2. The lowest BCUT2D eigenvalue weighted by Gasteiger charge is -2.22. The Kier molecular flexibility index (Phi) is 14.0. The van der Waals surface area contributed by atoms with Crippen LogP contribution in [-0.4, -0.2) is 35.1 Å². The number of methoxy groups -OCH3 is 1. The van der Waals surface area contributed by atoms with Crippen LogP contribution in [0.25, 0.3) is 0 Å². The number of carbonyl (C=O) groups excluding carboxylic acids is 2. The number of allylic oxidation sites excluding steroid dienone is 1. The highest BCUT2D eigenvalue weighted by Crippen LogP contribution is 2.30. The summed E-state index contributed by atoms with van der Waals surface area (Å²) >= 11 is 0. The van der Waals surface area contributed by atoms with E-state index in [1.54, 1.807) is 48.5 Å². The number of aliphatic carboxylic acids is 1. The van der Waals surface area contributed by atoms with Crippen LogP contribution in [-0.2, 0) is 20.9 Å². The maximum absolute atomic E-state index is 13.0. The standard InChI is InChI=1S/C36H44N4O6/c1-5-26(18-19-29(36(44)45)22-27(6-2)28-12-8-7-9-13-28)34(42)37-23-25-16-20-30(21-17-25)39-40-33(24(3)41)35(43)38-31-14-10-11-15-32(31)46-4/h7-17,20-21,26-27,29,41H,5-6,18-19,22-23H2,1-4H3,(H,37,42)(H,38,43)(H,44,45)/b33-24-,40-39?. The summed E-state index contributed by atoms with van der Waals surface area (Å²) in [6, 6.07) is 23.8. The number of azo groups is 1. The van der Waals surface area contributed by atoms with Gasteiger partial charge in [0, 0.05) is 12.5 Å². The van der Waals surface area contributed by atoms with E-state index in [2.05, 4.69) is 27.8 Å². The molecule has 0 aromatic heterocycles. The van der Waals surface area contributed by atoms with Crippen molar-refractivity contribution >= 4 is 29.2 Å². The summed E-state index contributed by atoms with van der Waals surface area (Å²) in [4.78, 5) is 37.8. The number of amides is 2. The number of nitrogens with zero attached hydrogens (tertiary/aromatic N) is 2. The van der Waals surface area contributed by atoms with Crippen molar-refractivity contribution in [2.24, 2.45) is 22.1 Å². The van der Waals surface area contributed by atoms with Crippen LogP contribution in [0.3, 0.4) is 0 Å². The first-order valence-corrected chi connectivity index (χ1v) is 15.6. The minimum absolute atomic E-state index is 0.111. The maximum atomic E-state index is 13.0. The van der Waals surface area contributed by atoms with Crippen molar-refractivity contribution in [2.45, 2.75) is 65.3 Å². The number of aliphatic hydroxyl groups is 1. The van der Waals surface area contributed by atoms with Crippen LogP contribution in [0.15, 0.2) is 101 Å². The van der Waals surface area contributed by atoms with Crippen LogP contribution in [0, 0.1) is 11.8 Å². The monoisotopic (exact) mass is 628 g/mol. The highest BCUT2D eigenvalue weighted by Gasteiger charge is 2.25. The van der Waals surface area contributed by atoms with Crippen molar-refractivity contribution in [3.8, 4) is 5.75 Å². The van der Waals surface area contributed by atoms with Gasteiger partial charge >= 0.3 is 5.97 Å². The molecular formula is C36H44N4O6. The summed E-state index contributed by atoms with van der Waals surface area (Å²) < 4.78 is 5.25. The normalized spacial score (nSPS) is 13.7. The molecule has 0 saturated heterocycles. The lowest BCUT2D eigenvalue weighted by molar-refractivity contribution is -0.143. The molecule has 10 heteroatoms. The van der Waals surface area contributed by atoms with E-state index >= 15 is 0 Å². The summed E-state index contributed by atoms with van der Waals surface area (Å²) in [5, 5.41) is 33.6. The highest BCUT2D eigenvalue weighted by molar-refractivity contribution is 6.04. The van der Waals surface area contributed by atoms with Crippen molar-refractivity contribution < 1.29 is 29.3 Å². The summed E-state index contributed by atoms with van der Waals surface area (Å²) in [5.41, 5.74) is 2.61. The molecule has 0 radical (unpaired) electrons. The summed E-state index contributed by atoms with van der Waals surface area (Å²) in [7, 11) is 1.49. The number of carbonyl (C=O) groups is 3. The number of hydrogen-bond acceptors (Lipinski definition) is 7. The van der Waals surface area contributed by atoms with Crippen LogP contribution >= 0.6 is 0 Å². The van der Waals surface area contributed by atoms with Gasteiger partial charge in [0.2, 0.25) is 5.91 Å². The molecule has 244 valence electrons. The average molecular weight is 629 g/mol. The fraction of sp³-hybridized carbons (Fsp3) is 0.361. The van der Waals surface area contributed by atoms with Gasteiger partial charge in [-0.15, -0.1) is 5.11 Å². The third-order valence-corrected chi connectivity index (χ3v) is 7.99. The van der Waals surface area contributed by atoms with Crippen molar-refractivity contribution in [1.29, 1.82) is 0 Å². The third-order valence-electron chi connectivity index (χ3n) is 7.99. The van der Waals surface area contributed by atoms with E-state index in [1.165, 1.54) is 14.0 Å². The average Bonchev–Trinajstić information content (AvgIpc) is 3.06. The molecule has 0 saturated carbocycles. The summed E-state index contributed by atoms with van der Waals surface area (Å²) in [6.07, 6.45) is 2.93. The van der Waals surface area contributed by atoms with Gasteiger partial charge in [-0.3, -0.25) is 14.4 Å². The Bertz CT molecular complexity index is 1500. The SMILES string of the molecule is CCC(CCC(CC(CC)c1ccccc1)C(=O)O)C(=O)NCc1ccc(N=N/C(C(=O)Nc2ccccc2OC)=C(/C)O)cc1. The Hall–Kier alpha value is -4.99. The van der Waals surface area contributed by atoms with E-state index in [1.807, 2.05) is 37.3 Å². The summed E-state index contributed by atoms with van der Waals surface area (Å²) in [5.74, 6) is -2.07. The molecule has 10 nitrogen and oxygen atoms in total. The highest BCUT2D eigenvalue weighted by atomic mass is 16.5. The van der Waals surface area contributed by atoms with Crippen LogP contribution in [0.1, 0.15) is 69.9 Å². The number of rotatable bonds is 17. The molecule has 0 heterocycles. The zero-order chi connectivity index (χ0) is 33.5. The first kappa shape index (κ1) is 35.5. The number of hydrogen-bond donors (Lipinski definition) is 4. The molecule has 3 rings (SSSR count). The first-order valence-electron chi connectivity index (χ1n) is 15.6. The lowest BCUT2D eigenvalue weighted by Crippen LogP contribution is -2.31. The predicted molar refractivity (Wildman–Crippen MR) is 178 cm³/mol. The van der Waals surface area contributed by atoms with E-state index < -0.39 is 17.8 Å². The molecule has 0 aliphatic heterocycles. The Morgan fingerprint density at radius 3 is 2.11 bits per heavy atom. The Balaban J connectivity index is 1.54. The topological polar surface area (TPSA) is 150 Å². The van der Waals surface area contributed by atoms with Crippen LogP contribution < -0.4 is 15.4 Å². The minimum atomic E-state index is -0.823. The number of nitrogens with one attached hydrogen (secondary N) is 2. The Morgan fingerprint density at radius 1 is 0.848 bits per heavy atom. The van der Waals surface area contributed by atoms with Crippen molar-refractivity contribution in [2.75, 3.05) is 12.4 Å². The van der Waals surface area contributed by atoms with Gasteiger partial charge < -0.3 is 25.6 Å². The van der Waals surface area contributed by atoms with E-state index in [9.17, 15) is 24.6 Å². The Morgan fingerprint density at radius 2 is 1.50 bits per heavy atom. The van der Waals surface area contributed by atoms with E-state index in [0.717, 1.165) is 17.5 Å². The molecular weight excluding hydrogens is 584 g/mol. The quantitative estimate of drug-likeness (QED) is 0.0678. The molecule has 3 atom stereocenters. The molecule has 3 aromatic carbocycles. The molecule has 46 heavy (non-hydrogen) atoms.